The van der Waals surface area contributed by atoms with Gasteiger partial charge in [0, 0.05) is 25.7 Å². The average Bonchev–Trinajstić information content (AvgIpc) is 3.57. The number of likely N-dealkylation sites (tertiary alicyclic amines) is 1. The number of fused-ring (bicyclic) bond motifs is 2. The molecular formula is C41H49F3N4O3Si. The molecule has 7 nitrogen and oxygen atoms in total. The summed E-state index contributed by atoms with van der Waals surface area (Å²) in [6, 6.07) is 27.1. The Labute approximate surface area is 306 Å². The maximum atomic E-state index is 16.7. The normalized spacial score (nSPS) is 19.7. The van der Waals surface area contributed by atoms with Crippen molar-refractivity contribution in [3.05, 3.63) is 108 Å². The molecule has 4 aromatic rings. The van der Waals surface area contributed by atoms with Gasteiger partial charge in [-0.3, -0.25) is 19.2 Å². The molecule has 0 amide bonds. The number of halogens is 3. The van der Waals surface area contributed by atoms with Crippen molar-refractivity contribution in [2.45, 2.75) is 69.6 Å². The number of nitrogens with one attached hydrogen (secondary N) is 1. The Bertz CT molecular complexity index is 1760. The van der Waals surface area contributed by atoms with Crippen LogP contribution in [0, 0.1) is 0 Å². The number of alkyl halides is 3. The number of aromatic nitrogens is 1. The average molecular weight is 731 g/mol. The zero-order valence-electron chi connectivity index (χ0n) is 30.5. The molecule has 1 saturated heterocycles. The van der Waals surface area contributed by atoms with Gasteiger partial charge in [-0.15, -0.1) is 0 Å². The Morgan fingerprint density at radius 1 is 0.923 bits per heavy atom. The van der Waals surface area contributed by atoms with E-state index in [2.05, 4.69) is 31.0 Å². The molecule has 2 atom stereocenters. The van der Waals surface area contributed by atoms with Crippen LogP contribution >= 0.6 is 0 Å². The van der Waals surface area contributed by atoms with Gasteiger partial charge in [-0.25, -0.2) is 8.78 Å². The van der Waals surface area contributed by atoms with E-state index in [1.165, 1.54) is 0 Å². The Morgan fingerprint density at radius 3 is 2.17 bits per heavy atom. The molecule has 4 heterocycles. The van der Waals surface area contributed by atoms with Crippen LogP contribution in [-0.4, -0.2) is 87.4 Å². The van der Waals surface area contributed by atoms with Crippen molar-refractivity contribution >= 4 is 24.4 Å². The van der Waals surface area contributed by atoms with Crippen LogP contribution < -0.4 is 25.2 Å². The highest BCUT2D eigenvalue weighted by Gasteiger charge is 2.52. The lowest BCUT2D eigenvalue weighted by Gasteiger charge is -2.45. The van der Waals surface area contributed by atoms with E-state index in [1.807, 2.05) is 96.8 Å². The van der Waals surface area contributed by atoms with Crippen molar-refractivity contribution in [1.82, 2.24) is 14.8 Å². The van der Waals surface area contributed by atoms with E-state index in [9.17, 15) is 4.39 Å². The molecule has 276 valence electrons. The quantitative estimate of drug-likeness (QED) is 0.152. The minimum absolute atomic E-state index is 0.130. The fraction of sp³-hybridized carbons (Fsp3) is 0.439. The number of ether oxygens (including phenoxy) is 2. The Balaban J connectivity index is 1.17. The van der Waals surface area contributed by atoms with Gasteiger partial charge in [0.2, 0.25) is 6.79 Å². The summed E-state index contributed by atoms with van der Waals surface area (Å²) < 4.78 is 64.3. The van der Waals surface area contributed by atoms with Crippen molar-refractivity contribution in [1.29, 1.82) is 0 Å². The van der Waals surface area contributed by atoms with Crippen LogP contribution in [0.15, 0.2) is 91.1 Å². The third kappa shape index (κ3) is 7.33. The van der Waals surface area contributed by atoms with Crippen LogP contribution in [0.4, 0.5) is 18.9 Å². The maximum absolute atomic E-state index is 16.7. The lowest BCUT2D eigenvalue weighted by atomic mass is 9.86. The summed E-state index contributed by atoms with van der Waals surface area (Å²) in [5.41, 5.74) is 3.47. The van der Waals surface area contributed by atoms with E-state index in [0.29, 0.717) is 30.0 Å². The number of rotatable bonds is 13. The molecule has 7 rings (SSSR count). The van der Waals surface area contributed by atoms with Crippen LogP contribution in [0.25, 0.3) is 0 Å². The first-order valence-electron chi connectivity index (χ1n) is 18.3. The lowest BCUT2D eigenvalue weighted by Crippen LogP contribution is -2.67. The van der Waals surface area contributed by atoms with Crippen molar-refractivity contribution in [3.8, 4) is 11.5 Å². The number of benzene rings is 3. The summed E-state index contributed by atoms with van der Waals surface area (Å²) in [4.78, 5) is 8.98. The summed E-state index contributed by atoms with van der Waals surface area (Å²) in [5, 5.41) is 5.01. The van der Waals surface area contributed by atoms with Crippen LogP contribution in [0.2, 0.25) is 5.04 Å². The first kappa shape index (κ1) is 36.5. The van der Waals surface area contributed by atoms with Gasteiger partial charge in [0.05, 0.1) is 49.5 Å². The molecule has 0 aliphatic carbocycles. The summed E-state index contributed by atoms with van der Waals surface area (Å²) in [6.07, 6.45) is 2.91. The van der Waals surface area contributed by atoms with Gasteiger partial charge in [0.15, 0.2) is 11.5 Å². The van der Waals surface area contributed by atoms with Gasteiger partial charge in [-0.2, -0.15) is 0 Å². The second-order valence-corrected chi connectivity index (χ2v) is 19.8. The third-order valence-corrected chi connectivity index (χ3v) is 15.7. The zero-order chi connectivity index (χ0) is 36.5. The third-order valence-electron chi connectivity index (χ3n) is 10.7. The van der Waals surface area contributed by atoms with Gasteiger partial charge in [0.25, 0.3) is 14.2 Å². The first-order chi connectivity index (χ1) is 25.0. The molecule has 0 unspecified atom stereocenters. The maximum Gasteiger partial charge on any atom is 0.282 e. The number of anilines is 1. The van der Waals surface area contributed by atoms with Gasteiger partial charge in [0.1, 0.15) is 0 Å². The zero-order valence-corrected chi connectivity index (χ0v) is 31.5. The van der Waals surface area contributed by atoms with Crippen LogP contribution in [-0.2, 0) is 10.8 Å². The molecule has 3 aliphatic rings. The van der Waals surface area contributed by atoms with Gasteiger partial charge in [-0.1, -0.05) is 81.4 Å². The van der Waals surface area contributed by atoms with Crippen LogP contribution in [0.3, 0.4) is 0 Å². The predicted molar refractivity (Wildman–Crippen MR) is 201 cm³/mol. The SMILES string of the molecule is C[C@@H]1Cc2cc3c(cc2[C@@H](c2ccc(NC4CN(CCCF)C4)cn2)N1CC(F)(F)CO[Si](c1ccccc1)(c1ccccc1)C(C)(C)C)OCO3. The fourth-order valence-electron chi connectivity index (χ4n) is 8.18. The molecule has 1 aromatic heterocycles. The van der Waals surface area contributed by atoms with E-state index < -0.39 is 38.5 Å². The van der Waals surface area contributed by atoms with Crippen molar-refractivity contribution in [2.24, 2.45) is 0 Å². The molecule has 11 heteroatoms. The topological polar surface area (TPSA) is 59.1 Å². The molecular weight excluding hydrogens is 682 g/mol. The largest absolute Gasteiger partial charge is 0.454 e. The summed E-state index contributed by atoms with van der Waals surface area (Å²) in [7, 11) is -3.19. The highest BCUT2D eigenvalue weighted by molar-refractivity contribution is 6.99. The first-order valence-corrected chi connectivity index (χ1v) is 20.2. The van der Waals surface area contributed by atoms with E-state index >= 15 is 8.78 Å². The smallest absolute Gasteiger partial charge is 0.282 e. The highest BCUT2D eigenvalue weighted by atomic mass is 28.4. The van der Waals surface area contributed by atoms with Crippen molar-refractivity contribution in [2.75, 3.05) is 51.6 Å². The van der Waals surface area contributed by atoms with Crippen molar-refractivity contribution in [3.63, 3.8) is 0 Å². The number of pyridine rings is 1. The summed E-state index contributed by atoms with van der Waals surface area (Å²) in [5.74, 6) is -1.90. The van der Waals surface area contributed by atoms with E-state index in [0.717, 1.165) is 46.8 Å². The number of hydrogen-bond acceptors (Lipinski definition) is 7. The molecule has 52 heavy (non-hydrogen) atoms. The fourth-order valence-corrected chi connectivity index (χ4v) is 12.8. The standard InChI is InChI=1S/C41H49F3N4O3Si/c1-29-20-30-21-37-38(50-28-49-37)22-35(30)39(36-17-16-31(23-45-36)46-32-24-47(25-32)19-11-18-42)48(29)26-41(43,44)27-51-52(40(2,3)4,33-12-7-5-8-13-33)34-14-9-6-10-15-34/h5-10,12-17,21-23,29,32,39,46H,11,18-20,24-28H2,1-4H3/t29-,39+/m1/s1. The predicted octanol–water partition coefficient (Wildman–Crippen LogP) is 6.81. The molecule has 3 aromatic carbocycles. The molecule has 0 radical (unpaired) electrons. The van der Waals surface area contributed by atoms with E-state index in [4.69, 9.17) is 18.9 Å². The molecule has 0 spiro atoms. The highest BCUT2D eigenvalue weighted by Crippen LogP contribution is 2.45. The van der Waals surface area contributed by atoms with E-state index in [-0.39, 0.29) is 25.6 Å². The van der Waals surface area contributed by atoms with Crippen molar-refractivity contribution < 1.29 is 27.1 Å². The Hall–Kier alpha value is -3.90. The van der Waals surface area contributed by atoms with Gasteiger partial charge in [-0.05, 0) is 70.6 Å². The molecule has 0 bridgehead atoms. The van der Waals surface area contributed by atoms with E-state index in [1.54, 1.807) is 6.20 Å². The minimum Gasteiger partial charge on any atom is -0.454 e. The Kier molecular flexibility index (Phi) is 10.4. The molecule has 3 aliphatic heterocycles. The molecule has 1 fully saturated rings. The number of hydrogen-bond donors (Lipinski definition) is 1. The van der Waals surface area contributed by atoms with Gasteiger partial charge < -0.3 is 19.2 Å². The minimum atomic E-state index is -3.19. The van der Waals surface area contributed by atoms with Gasteiger partial charge >= 0.3 is 0 Å². The monoisotopic (exact) mass is 730 g/mol. The number of nitrogens with zero attached hydrogens (tertiary/aromatic N) is 3. The molecule has 0 saturated carbocycles. The second-order valence-electron chi connectivity index (χ2n) is 15.5. The molecule has 1 N–H and O–H groups in total. The summed E-state index contributed by atoms with van der Waals surface area (Å²) in [6.45, 7) is 9.34. The summed E-state index contributed by atoms with van der Waals surface area (Å²) >= 11 is 0. The second kappa shape index (κ2) is 14.8. The van der Waals surface area contributed by atoms with Crippen LogP contribution in [0.5, 0.6) is 11.5 Å². The Morgan fingerprint density at radius 2 is 1.58 bits per heavy atom. The van der Waals surface area contributed by atoms with Crippen LogP contribution in [0.1, 0.15) is 57.0 Å². The lowest BCUT2D eigenvalue weighted by molar-refractivity contribution is -0.0821.